The Bertz CT molecular complexity index is 1520. The van der Waals surface area contributed by atoms with E-state index in [0.29, 0.717) is 29.1 Å². The predicted molar refractivity (Wildman–Crippen MR) is 138 cm³/mol. The van der Waals surface area contributed by atoms with Gasteiger partial charge >= 0.3 is 0 Å². The quantitative estimate of drug-likeness (QED) is 0.319. The number of fused-ring (bicyclic) bond motifs is 4. The molecular formula is C27H18BrClN4O2. The second-order valence-corrected chi connectivity index (χ2v) is 9.60. The van der Waals surface area contributed by atoms with E-state index in [1.165, 1.54) is 4.90 Å². The average Bonchev–Trinajstić information content (AvgIpc) is 3.31. The molecule has 4 aromatic rings. The van der Waals surface area contributed by atoms with E-state index in [4.69, 9.17) is 16.6 Å². The summed E-state index contributed by atoms with van der Waals surface area (Å²) in [5.41, 5.74) is 5.27. The number of nitrogens with zero attached hydrogens (tertiary/aromatic N) is 4. The number of rotatable bonds is 4. The summed E-state index contributed by atoms with van der Waals surface area (Å²) in [4.78, 5) is 36.5. The van der Waals surface area contributed by atoms with Crippen LogP contribution >= 0.6 is 27.5 Å². The van der Waals surface area contributed by atoms with Crippen LogP contribution < -0.4 is 0 Å². The number of carbonyl (C=O) groups excluding carboxylic acids is 2. The van der Waals surface area contributed by atoms with Crippen molar-refractivity contribution in [1.29, 1.82) is 0 Å². The Balaban J connectivity index is 1.38. The summed E-state index contributed by atoms with van der Waals surface area (Å²) < 4.78 is 2.97. The third-order valence-corrected chi connectivity index (χ3v) is 7.34. The van der Waals surface area contributed by atoms with Gasteiger partial charge in [-0.1, -0.05) is 63.9 Å². The van der Waals surface area contributed by atoms with Gasteiger partial charge in [-0.25, -0.2) is 4.98 Å². The van der Waals surface area contributed by atoms with Crippen molar-refractivity contribution in [2.45, 2.75) is 13.0 Å². The van der Waals surface area contributed by atoms with Crippen molar-refractivity contribution in [2.24, 2.45) is 4.99 Å². The third kappa shape index (κ3) is 3.54. The first-order chi connectivity index (χ1) is 17.0. The largest absolute Gasteiger partial charge is 0.298 e. The Hall–Kier alpha value is -3.55. The van der Waals surface area contributed by atoms with Crippen LogP contribution in [-0.4, -0.2) is 38.5 Å². The summed E-state index contributed by atoms with van der Waals surface area (Å²) in [7, 11) is 0. The maximum absolute atomic E-state index is 12.8. The highest BCUT2D eigenvalue weighted by Gasteiger charge is 2.35. The van der Waals surface area contributed by atoms with Gasteiger partial charge in [-0.2, -0.15) is 0 Å². The molecule has 0 unspecified atom stereocenters. The third-order valence-electron chi connectivity index (χ3n) is 6.35. The summed E-state index contributed by atoms with van der Waals surface area (Å²) in [6.07, 6.45) is 2.26. The van der Waals surface area contributed by atoms with E-state index in [-0.39, 0.29) is 18.4 Å². The summed E-state index contributed by atoms with van der Waals surface area (Å²) >= 11 is 10.3. The molecule has 2 aliphatic rings. The van der Waals surface area contributed by atoms with Gasteiger partial charge in [0.15, 0.2) is 0 Å². The Morgan fingerprint density at radius 3 is 2.29 bits per heavy atom. The molecule has 2 amide bonds. The van der Waals surface area contributed by atoms with E-state index >= 15 is 0 Å². The Morgan fingerprint density at radius 2 is 1.57 bits per heavy atom. The molecule has 0 bridgehead atoms. The SMILES string of the molecule is O=C1c2ccccc2C(=O)N1CCc1cnc2n1-c1cccc(Br)c1C(c1ccccc1Cl)=NC2. The first-order valence-electron chi connectivity index (χ1n) is 11.1. The molecule has 0 saturated heterocycles. The van der Waals surface area contributed by atoms with E-state index in [2.05, 4.69) is 25.5 Å². The molecule has 0 saturated carbocycles. The topological polar surface area (TPSA) is 67.6 Å². The van der Waals surface area contributed by atoms with Crippen molar-refractivity contribution in [3.63, 3.8) is 0 Å². The lowest BCUT2D eigenvalue weighted by Crippen LogP contribution is -2.32. The summed E-state index contributed by atoms with van der Waals surface area (Å²) in [5, 5.41) is 0.623. The zero-order valence-electron chi connectivity index (χ0n) is 18.4. The molecule has 0 atom stereocenters. The number of benzene rings is 3. The highest BCUT2D eigenvalue weighted by Crippen LogP contribution is 2.33. The maximum Gasteiger partial charge on any atom is 0.261 e. The molecule has 0 aliphatic carbocycles. The van der Waals surface area contributed by atoms with Crippen LogP contribution in [0.25, 0.3) is 5.69 Å². The Labute approximate surface area is 215 Å². The number of imide groups is 1. The van der Waals surface area contributed by atoms with Crippen molar-refractivity contribution >= 4 is 45.1 Å². The standard InChI is InChI=1S/C27H18BrClN4O2/c28-20-9-5-11-22-24(20)25(19-8-3-4-10-21(19)29)31-15-23-30-14-16(33(22)23)12-13-32-26(34)17-6-1-2-7-18(17)27(32)35/h1-11,14H,12-13,15H2. The fourth-order valence-corrected chi connectivity index (χ4v) is 5.48. The van der Waals surface area contributed by atoms with Crippen LogP contribution in [0.15, 0.2) is 82.4 Å². The van der Waals surface area contributed by atoms with Crippen molar-refractivity contribution in [3.8, 4) is 5.69 Å². The van der Waals surface area contributed by atoms with Gasteiger partial charge in [-0.15, -0.1) is 0 Å². The van der Waals surface area contributed by atoms with E-state index in [9.17, 15) is 9.59 Å². The average molecular weight is 546 g/mol. The van der Waals surface area contributed by atoms with E-state index < -0.39 is 0 Å². The monoisotopic (exact) mass is 544 g/mol. The smallest absolute Gasteiger partial charge is 0.261 e. The van der Waals surface area contributed by atoms with Crippen molar-refractivity contribution in [2.75, 3.05) is 6.54 Å². The minimum Gasteiger partial charge on any atom is -0.298 e. The number of hydrogen-bond acceptors (Lipinski definition) is 4. The molecule has 6 nitrogen and oxygen atoms in total. The van der Waals surface area contributed by atoms with Gasteiger partial charge in [0, 0.05) is 45.5 Å². The van der Waals surface area contributed by atoms with Gasteiger partial charge in [0.25, 0.3) is 11.8 Å². The van der Waals surface area contributed by atoms with Gasteiger partial charge in [-0.3, -0.25) is 24.0 Å². The van der Waals surface area contributed by atoms with Crippen LogP contribution in [0.1, 0.15) is 43.4 Å². The van der Waals surface area contributed by atoms with Gasteiger partial charge in [-0.05, 0) is 30.3 Å². The lowest BCUT2D eigenvalue weighted by molar-refractivity contribution is 0.0655. The Morgan fingerprint density at radius 1 is 0.886 bits per heavy atom. The molecule has 35 heavy (non-hydrogen) atoms. The summed E-state index contributed by atoms with van der Waals surface area (Å²) in [6.45, 7) is 0.633. The summed E-state index contributed by atoms with van der Waals surface area (Å²) in [5.74, 6) is 0.270. The molecule has 0 spiro atoms. The molecule has 1 aromatic heterocycles. The number of hydrogen-bond donors (Lipinski definition) is 0. The molecule has 6 rings (SSSR count). The van der Waals surface area contributed by atoms with Crippen LogP contribution in [0.3, 0.4) is 0 Å². The molecular weight excluding hydrogens is 528 g/mol. The zero-order chi connectivity index (χ0) is 24.1. The normalized spacial score (nSPS) is 14.3. The number of amides is 2. The molecule has 8 heteroatoms. The molecule has 3 heterocycles. The van der Waals surface area contributed by atoms with Crippen LogP contribution in [0.2, 0.25) is 5.02 Å². The molecule has 0 radical (unpaired) electrons. The highest BCUT2D eigenvalue weighted by atomic mass is 79.9. The minimum absolute atomic E-state index is 0.256. The fourth-order valence-electron chi connectivity index (χ4n) is 4.72. The van der Waals surface area contributed by atoms with Crippen molar-refractivity contribution < 1.29 is 9.59 Å². The van der Waals surface area contributed by atoms with Crippen LogP contribution in [0.4, 0.5) is 0 Å². The van der Waals surface area contributed by atoms with Gasteiger partial charge in [0.1, 0.15) is 5.82 Å². The maximum atomic E-state index is 12.8. The van der Waals surface area contributed by atoms with Gasteiger partial charge in [0.05, 0.1) is 29.1 Å². The van der Waals surface area contributed by atoms with Crippen LogP contribution in [0.5, 0.6) is 0 Å². The predicted octanol–water partition coefficient (Wildman–Crippen LogP) is 5.48. The highest BCUT2D eigenvalue weighted by molar-refractivity contribution is 9.10. The molecule has 3 aromatic carbocycles. The number of aromatic nitrogens is 2. The van der Waals surface area contributed by atoms with Crippen LogP contribution in [0, 0.1) is 0 Å². The van der Waals surface area contributed by atoms with Crippen molar-refractivity contribution in [1.82, 2.24) is 14.5 Å². The minimum atomic E-state index is -0.256. The second kappa shape index (κ2) is 8.59. The summed E-state index contributed by atoms with van der Waals surface area (Å²) in [6, 6.07) is 20.6. The van der Waals surface area contributed by atoms with E-state index in [0.717, 1.165) is 38.5 Å². The number of carbonyl (C=O) groups is 2. The van der Waals surface area contributed by atoms with E-state index in [1.807, 2.05) is 42.5 Å². The fraction of sp³-hybridized carbons (Fsp3) is 0.111. The second-order valence-electron chi connectivity index (χ2n) is 8.34. The lowest BCUT2D eigenvalue weighted by Gasteiger charge is -2.18. The van der Waals surface area contributed by atoms with Gasteiger partial charge in [0.2, 0.25) is 0 Å². The number of halogens is 2. The van der Waals surface area contributed by atoms with E-state index in [1.54, 1.807) is 30.5 Å². The molecule has 172 valence electrons. The first-order valence-corrected chi connectivity index (χ1v) is 12.3. The lowest BCUT2D eigenvalue weighted by atomic mass is 10.00. The van der Waals surface area contributed by atoms with Crippen molar-refractivity contribution in [3.05, 3.63) is 116 Å². The Kier molecular flexibility index (Phi) is 5.39. The van der Waals surface area contributed by atoms with Crippen LogP contribution in [-0.2, 0) is 13.0 Å². The molecule has 0 fully saturated rings. The van der Waals surface area contributed by atoms with Gasteiger partial charge < -0.3 is 0 Å². The number of aliphatic imine (C=N–C) groups is 1. The zero-order valence-corrected chi connectivity index (χ0v) is 20.8. The number of imidazole rings is 1. The first kappa shape index (κ1) is 21.9. The molecule has 2 aliphatic heterocycles. The molecule has 0 N–H and O–H groups in total.